The topological polar surface area (TPSA) is 158 Å². The monoisotopic (exact) mass is 488 g/mol. The highest BCUT2D eigenvalue weighted by Gasteiger charge is 2.46. The van der Waals surface area contributed by atoms with Gasteiger partial charge in [0.25, 0.3) is 0 Å². The number of hydrogen-bond acceptors (Lipinski definition) is 10. The molecular formula is C24H40O10. The van der Waals surface area contributed by atoms with E-state index in [0.29, 0.717) is 0 Å². The van der Waals surface area contributed by atoms with E-state index in [1.807, 2.05) is 6.08 Å². The predicted octanol–water partition coefficient (Wildman–Crippen LogP) is -0.407. The fourth-order valence-corrected chi connectivity index (χ4v) is 4.79. The molecule has 2 saturated heterocycles. The average molecular weight is 489 g/mol. The lowest BCUT2D eigenvalue weighted by molar-refractivity contribution is -0.324. The molecule has 0 aromatic carbocycles. The number of allylic oxidation sites excluding steroid dienone is 3. The molecule has 10 heteroatoms. The summed E-state index contributed by atoms with van der Waals surface area (Å²) in [5, 5.41) is 60.3. The molecular weight excluding hydrogens is 448 g/mol. The summed E-state index contributed by atoms with van der Waals surface area (Å²) >= 11 is 0. The molecule has 11 atom stereocenters. The third-order valence-electron chi connectivity index (χ3n) is 7.06. The molecule has 6 N–H and O–H groups in total. The van der Waals surface area contributed by atoms with E-state index in [1.54, 1.807) is 6.92 Å². The van der Waals surface area contributed by atoms with Gasteiger partial charge in [0, 0.05) is 5.92 Å². The first kappa shape index (κ1) is 27.7. The van der Waals surface area contributed by atoms with Gasteiger partial charge in [0.05, 0.1) is 19.3 Å². The van der Waals surface area contributed by atoms with Crippen molar-refractivity contribution in [2.75, 3.05) is 13.2 Å². The Hall–Kier alpha value is -0.920. The Bertz CT molecular complexity index is 725. The summed E-state index contributed by atoms with van der Waals surface area (Å²) in [6.45, 7) is 7.81. The van der Waals surface area contributed by atoms with Crippen LogP contribution in [0.3, 0.4) is 0 Å². The summed E-state index contributed by atoms with van der Waals surface area (Å²) in [6.07, 6.45) is -4.35. The maximum atomic E-state index is 10.4. The van der Waals surface area contributed by atoms with Crippen LogP contribution in [-0.4, -0.2) is 105 Å². The second-order valence-corrected chi connectivity index (χ2v) is 10.3. The van der Waals surface area contributed by atoms with Crippen molar-refractivity contribution in [2.24, 2.45) is 11.3 Å². The summed E-state index contributed by atoms with van der Waals surface area (Å²) in [6, 6.07) is 0. The van der Waals surface area contributed by atoms with Crippen LogP contribution < -0.4 is 0 Å². The molecule has 0 aromatic rings. The van der Waals surface area contributed by atoms with Crippen LogP contribution in [0, 0.1) is 11.3 Å². The normalized spacial score (nSPS) is 44.1. The molecule has 0 saturated carbocycles. The Kier molecular flexibility index (Phi) is 9.30. The second kappa shape index (κ2) is 11.4. The minimum Gasteiger partial charge on any atom is -0.388 e. The molecule has 2 aliphatic heterocycles. The highest BCUT2D eigenvalue weighted by atomic mass is 16.7. The molecule has 1 aliphatic carbocycles. The SMILES string of the molecule is CC1=CCCC(C)(C)[C@H]1/C=C/[C@@H](C)O[C@@H]1O[C@H](CO[C@@H]2OC[C@H](O)[C@H](O)[C@H]2O)[C@@H](O)[C@H](O)[C@H]1O. The van der Waals surface area contributed by atoms with Crippen molar-refractivity contribution in [2.45, 2.75) is 102 Å². The van der Waals surface area contributed by atoms with Gasteiger partial charge in [0.2, 0.25) is 0 Å². The van der Waals surface area contributed by atoms with Gasteiger partial charge in [-0.15, -0.1) is 0 Å². The Morgan fingerprint density at radius 1 is 1.03 bits per heavy atom. The van der Waals surface area contributed by atoms with Crippen LogP contribution in [-0.2, 0) is 18.9 Å². The first-order chi connectivity index (χ1) is 15.9. The maximum absolute atomic E-state index is 10.4. The standard InChI is InChI=1S/C24H40O10/c1-12-6-5-9-24(3,4)14(12)8-7-13(2)33-23-21(30)19(28)18(27)16(34-23)11-32-22-20(29)17(26)15(25)10-31-22/h6-8,13-23,25-30H,5,9-11H2,1-4H3/b8-7+/t13-,14+,15+,16-,17+,18-,19+,20-,21-,22+,23-/m1/s1. The second-order valence-electron chi connectivity index (χ2n) is 10.3. The minimum atomic E-state index is -1.55. The molecule has 0 spiro atoms. The van der Waals surface area contributed by atoms with Gasteiger partial charge in [-0.05, 0) is 32.1 Å². The van der Waals surface area contributed by atoms with Crippen molar-refractivity contribution in [1.29, 1.82) is 0 Å². The van der Waals surface area contributed by atoms with Gasteiger partial charge in [-0.25, -0.2) is 0 Å². The van der Waals surface area contributed by atoms with Gasteiger partial charge in [0.1, 0.15) is 42.7 Å². The number of hydrogen-bond donors (Lipinski definition) is 6. The van der Waals surface area contributed by atoms with Crippen molar-refractivity contribution in [1.82, 2.24) is 0 Å². The predicted molar refractivity (Wildman–Crippen MR) is 120 cm³/mol. The zero-order chi connectivity index (χ0) is 25.2. The number of aliphatic hydroxyl groups excluding tert-OH is 6. The Morgan fingerprint density at radius 2 is 1.71 bits per heavy atom. The van der Waals surface area contributed by atoms with Gasteiger partial charge in [0.15, 0.2) is 12.6 Å². The van der Waals surface area contributed by atoms with Gasteiger partial charge in [-0.2, -0.15) is 0 Å². The maximum Gasteiger partial charge on any atom is 0.187 e. The first-order valence-corrected chi connectivity index (χ1v) is 11.9. The van der Waals surface area contributed by atoms with Crippen molar-refractivity contribution in [3.05, 3.63) is 23.8 Å². The van der Waals surface area contributed by atoms with E-state index in [0.717, 1.165) is 12.8 Å². The van der Waals surface area contributed by atoms with E-state index in [-0.39, 0.29) is 24.5 Å². The van der Waals surface area contributed by atoms with Gasteiger partial charge in [-0.1, -0.05) is 37.6 Å². The van der Waals surface area contributed by atoms with Crippen molar-refractivity contribution >= 4 is 0 Å². The van der Waals surface area contributed by atoms with Crippen LogP contribution >= 0.6 is 0 Å². The van der Waals surface area contributed by atoms with E-state index < -0.39 is 61.4 Å². The highest BCUT2D eigenvalue weighted by molar-refractivity contribution is 5.19. The average Bonchev–Trinajstić information content (AvgIpc) is 2.77. The number of ether oxygens (including phenoxy) is 4. The summed E-state index contributed by atoms with van der Waals surface area (Å²) in [7, 11) is 0. The van der Waals surface area contributed by atoms with Crippen molar-refractivity contribution in [3.63, 3.8) is 0 Å². The molecule has 196 valence electrons. The fraction of sp³-hybridized carbons (Fsp3) is 0.833. The molecule has 0 radical (unpaired) electrons. The molecule has 3 aliphatic rings. The van der Waals surface area contributed by atoms with Crippen LogP contribution in [0.25, 0.3) is 0 Å². The summed E-state index contributed by atoms with van der Waals surface area (Å²) in [5.74, 6) is 0.258. The van der Waals surface area contributed by atoms with Crippen LogP contribution in [0.15, 0.2) is 23.8 Å². The Morgan fingerprint density at radius 3 is 2.38 bits per heavy atom. The summed E-state index contributed by atoms with van der Waals surface area (Å²) < 4.78 is 22.1. The van der Waals surface area contributed by atoms with Crippen molar-refractivity contribution in [3.8, 4) is 0 Å². The molecule has 0 amide bonds. The quantitative estimate of drug-likeness (QED) is 0.260. The molecule has 0 aromatic heterocycles. The molecule has 2 heterocycles. The van der Waals surface area contributed by atoms with E-state index in [2.05, 4.69) is 32.9 Å². The third kappa shape index (κ3) is 6.25. The minimum absolute atomic E-state index is 0.119. The summed E-state index contributed by atoms with van der Waals surface area (Å²) in [5.41, 5.74) is 1.42. The smallest absolute Gasteiger partial charge is 0.187 e. The molecule has 0 unspecified atom stereocenters. The number of rotatable bonds is 7. The van der Waals surface area contributed by atoms with E-state index in [9.17, 15) is 30.6 Å². The van der Waals surface area contributed by atoms with Gasteiger partial charge in [-0.3, -0.25) is 0 Å². The molecule has 10 nitrogen and oxygen atoms in total. The van der Waals surface area contributed by atoms with E-state index in [1.165, 1.54) is 5.57 Å². The summed E-state index contributed by atoms with van der Waals surface area (Å²) in [4.78, 5) is 0. The lowest BCUT2D eigenvalue weighted by Crippen LogP contribution is -2.60. The third-order valence-corrected chi connectivity index (χ3v) is 7.06. The number of aliphatic hydroxyl groups is 6. The van der Waals surface area contributed by atoms with Crippen LogP contribution in [0.2, 0.25) is 0 Å². The lowest BCUT2D eigenvalue weighted by Gasteiger charge is -2.42. The van der Waals surface area contributed by atoms with E-state index >= 15 is 0 Å². The molecule has 34 heavy (non-hydrogen) atoms. The molecule has 2 fully saturated rings. The van der Waals surface area contributed by atoms with Crippen LogP contribution in [0.1, 0.15) is 40.5 Å². The fourth-order valence-electron chi connectivity index (χ4n) is 4.79. The molecule has 0 bridgehead atoms. The van der Waals surface area contributed by atoms with Gasteiger partial charge >= 0.3 is 0 Å². The largest absolute Gasteiger partial charge is 0.388 e. The van der Waals surface area contributed by atoms with Gasteiger partial charge < -0.3 is 49.6 Å². The first-order valence-electron chi connectivity index (χ1n) is 11.9. The molecule has 3 rings (SSSR count). The van der Waals surface area contributed by atoms with Crippen LogP contribution in [0.5, 0.6) is 0 Å². The lowest BCUT2D eigenvalue weighted by atomic mass is 9.68. The van der Waals surface area contributed by atoms with E-state index in [4.69, 9.17) is 18.9 Å². The zero-order valence-corrected chi connectivity index (χ0v) is 20.2. The highest BCUT2D eigenvalue weighted by Crippen LogP contribution is 2.41. The Labute approximate surface area is 200 Å². The Balaban J connectivity index is 1.58. The van der Waals surface area contributed by atoms with Crippen molar-refractivity contribution < 1.29 is 49.6 Å². The van der Waals surface area contributed by atoms with Crippen LogP contribution in [0.4, 0.5) is 0 Å². The zero-order valence-electron chi connectivity index (χ0n) is 20.2.